The second-order valence-electron chi connectivity index (χ2n) is 4.09. The fourth-order valence-electron chi connectivity index (χ4n) is 2.22. The zero-order valence-electron chi connectivity index (χ0n) is 10.7. The largest absolute Gasteiger partial charge is 0.493 e. The van der Waals surface area contributed by atoms with Gasteiger partial charge >= 0.3 is 0 Å². The summed E-state index contributed by atoms with van der Waals surface area (Å²) in [7, 11) is 3.29. The van der Waals surface area contributed by atoms with E-state index in [4.69, 9.17) is 9.47 Å². The average molecular weight is 276 g/mol. The van der Waals surface area contributed by atoms with Gasteiger partial charge in [-0.25, -0.2) is 0 Å². The Bertz CT molecular complexity index is 728. The van der Waals surface area contributed by atoms with Crippen LogP contribution in [0.1, 0.15) is 0 Å². The monoisotopic (exact) mass is 275 g/mol. The van der Waals surface area contributed by atoms with E-state index in [-0.39, 0.29) is 12.4 Å². The predicted molar refractivity (Wildman–Crippen MR) is 79.6 cm³/mol. The molecule has 98 valence electrons. The molecule has 0 aliphatic heterocycles. The molecule has 4 heteroatoms. The fourth-order valence-corrected chi connectivity index (χ4v) is 2.22. The maximum absolute atomic E-state index is 5.35. The van der Waals surface area contributed by atoms with Gasteiger partial charge in [-0.2, -0.15) is 0 Å². The third-order valence-electron chi connectivity index (χ3n) is 3.14. The zero-order chi connectivity index (χ0) is 12.5. The van der Waals surface area contributed by atoms with Gasteiger partial charge in [0.2, 0.25) is 0 Å². The summed E-state index contributed by atoms with van der Waals surface area (Å²) < 4.78 is 10.7. The molecule has 1 heterocycles. The van der Waals surface area contributed by atoms with Crippen molar-refractivity contribution in [2.24, 2.45) is 0 Å². The molecule has 0 atom stereocenters. The lowest BCUT2D eigenvalue weighted by Gasteiger charge is -2.10. The number of fused-ring (bicyclic) bond motifs is 3. The number of methoxy groups -OCH3 is 2. The van der Waals surface area contributed by atoms with Gasteiger partial charge < -0.3 is 9.47 Å². The highest BCUT2D eigenvalue weighted by molar-refractivity contribution is 6.08. The number of halogens is 1. The molecular formula is C15H14ClNO2. The number of hydrogen-bond acceptors (Lipinski definition) is 3. The van der Waals surface area contributed by atoms with Crippen LogP contribution >= 0.6 is 12.4 Å². The highest BCUT2D eigenvalue weighted by Gasteiger charge is 2.08. The first-order valence-corrected chi connectivity index (χ1v) is 5.72. The minimum Gasteiger partial charge on any atom is -0.493 e. The summed E-state index contributed by atoms with van der Waals surface area (Å²) in [4.78, 5) is 4.19. The Labute approximate surface area is 117 Å². The second kappa shape index (κ2) is 5.33. The average Bonchev–Trinajstić information content (AvgIpc) is 2.45. The second-order valence-corrected chi connectivity index (χ2v) is 4.09. The Kier molecular flexibility index (Phi) is 3.76. The highest BCUT2D eigenvalue weighted by Crippen LogP contribution is 2.35. The topological polar surface area (TPSA) is 31.4 Å². The van der Waals surface area contributed by atoms with Crippen molar-refractivity contribution >= 4 is 34.0 Å². The minimum atomic E-state index is 0. The number of pyridine rings is 1. The van der Waals surface area contributed by atoms with E-state index in [1.165, 1.54) is 5.39 Å². The summed E-state index contributed by atoms with van der Waals surface area (Å²) in [5, 5.41) is 4.53. The van der Waals surface area contributed by atoms with Gasteiger partial charge in [0.15, 0.2) is 11.5 Å². The molecule has 0 radical (unpaired) electrons. The van der Waals surface area contributed by atoms with E-state index in [1.807, 2.05) is 24.4 Å². The molecule has 0 aliphatic rings. The van der Waals surface area contributed by atoms with Crippen molar-refractivity contribution in [1.29, 1.82) is 0 Å². The quantitative estimate of drug-likeness (QED) is 0.666. The van der Waals surface area contributed by atoms with E-state index in [1.54, 1.807) is 20.4 Å². The van der Waals surface area contributed by atoms with Gasteiger partial charge in [0, 0.05) is 17.8 Å². The summed E-state index contributed by atoms with van der Waals surface area (Å²) in [5.41, 5.74) is 0. The van der Waals surface area contributed by atoms with Crippen molar-refractivity contribution in [3.8, 4) is 11.5 Å². The number of nitrogens with zero attached hydrogens (tertiary/aromatic N) is 1. The van der Waals surface area contributed by atoms with Crippen molar-refractivity contribution in [3.05, 3.63) is 42.7 Å². The molecule has 0 spiro atoms. The van der Waals surface area contributed by atoms with Crippen LogP contribution in [0.5, 0.6) is 11.5 Å². The SMILES string of the molecule is COc1cc2ccc3ccncc3c2cc1OC.Cl. The van der Waals surface area contributed by atoms with E-state index >= 15 is 0 Å². The lowest BCUT2D eigenvalue weighted by atomic mass is 10.0. The first-order chi connectivity index (χ1) is 8.83. The van der Waals surface area contributed by atoms with Crippen molar-refractivity contribution < 1.29 is 9.47 Å². The standard InChI is InChI=1S/C15H13NO2.ClH/c1-17-14-7-11-4-3-10-5-6-16-9-13(10)12(11)8-15(14)18-2;/h3-9H,1-2H3;1H. The van der Waals surface area contributed by atoms with Gasteiger partial charge in [-0.15, -0.1) is 12.4 Å². The molecule has 0 saturated carbocycles. The normalized spacial score (nSPS) is 10.2. The Morgan fingerprint density at radius 2 is 1.53 bits per heavy atom. The molecule has 3 nitrogen and oxygen atoms in total. The number of hydrogen-bond donors (Lipinski definition) is 0. The Morgan fingerprint density at radius 1 is 0.842 bits per heavy atom. The Morgan fingerprint density at radius 3 is 2.26 bits per heavy atom. The molecule has 2 aromatic carbocycles. The minimum absolute atomic E-state index is 0. The van der Waals surface area contributed by atoms with Crippen LogP contribution in [0.25, 0.3) is 21.5 Å². The van der Waals surface area contributed by atoms with Gasteiger partial charge in [-0.3, -0.25) is 4.98 Å². The molecule has 1 aromatic heterocycles. The third kappa shape index (κ3) is 2.17. The van der Waals surface area contributed by atoms with Crippen LogP contribution in [0.2, 0.25) is 0 Å². The summed E-state index contributed by atoms with van der Waals surface area (Å²) in [6.45, 7) is 0. The first kappa shape index (κ1) is 13.4. The van der Waals surface area contributed by atoms with Crippen molar-refractivity contribution in [2.45, 2.75) is 0 Å². The van der Waals surface area contributed by atoms with Gasteiger partial charge in [0.1, 0.15) is 0 Å². The third-order valence-corrected chi connectivity index (χ3v) is 3.14. The number of rotatable bonds is 2. The lowest BCUT2D eigenvalue weighted by Crippen LogP contribution is -1.91. The number of aromatic nitrogens is 1. The summed E-state index contributed by atoms with van der Waals surface area (Å²) >= 11 is 0. The zero-order valence-corrected chi connectivity index (χ0v) is 11.5. The van der Waals surface area contributed by atoms with Crippen LogP contribution in [0.3, 0.4) is 0 Å². The molecule has 0 amide bonds. The van der Waals surface area contributed by atoms with Crippen LogP contribution in [0, 0.1) is 0 Å². The van der Waals surface area contributed by atoms with Crippen LogP contribution in [0.15, 0.2) is 42.7 Å². The Hall–Kier alpha value is -2.00. The molecule has 0 unspecified atom stereocenters. The van der Waals surface area contributed by atoms with Crippen LogP contribution in [0.4, 0.5) is 0 Å². The van der Waals surface area contributed by atoms with Crippen LogP contribution < -0.4 is 9.47 Å². The van der Waals surface area contributed by atoms with E-state index in [0.29, 0.717) is 0 Å². The lowest BCUT2D eigenvalue weighted by molar-refractivity contribution is 0.356. The predicted octanol–water partition coefficient (Wildman–Crippen LogP) is 3.83. The summed E-state index contributed by atoms with van der Waals surface area (Å²) in [5.74, 6) is 1.48. The Balaban J connectivity index is 0.00000133. The maximum atomic E-state index is 5.35. The van der Waals surface area contributed by atoms with E-state index in [0.717, 1.165) is 27.7 Å². The van der Waals surface area contributed by atoms with Gasteiger partial charge in [0.25, 0.3) is 0 Å². The first-order valence-electron chi connectivity index (χ1n) is 5.72. The highest BCUT2D eigenvalue weighted by atomic mass is 35.5. The van der Waals surface area contributed by atoms with E-state index < -0.39 is 0 Å². The van der Waals surface area contributed by atoms with Crippen molar-refractivity contribution in [3.63, 3.8) is 0 Å². The van der Waals surface area contributed by atoms with Crippen LogP contribution in [-0.4, -0.2) is 19.2 Å². The van der Waals surface area contributed by atoms with Crippen LogP contribution in [-0.2, 0) is 0 Å². The fraction of sp³-hybridized carbons (Fsp3) is 0.133. The molecule has 19 heavy (non-hydrogen) atoms. The molecule has 0 saturated heterocycles. The smallest absolute Gasteiger partial charge is 0.161 e. The van der Waals surface area contributed by atoms with Gasteiger partial charge in [-0.1, -0.05) is 12.1 Å². The molecule has 0 aliphatic carbocycles. The molecule has 0 fully saturated rings. The molecular weight excluding hydrogens is 262 g/mol. The van der Waals surface area contributed by atoms with E-state index in [2.05, 4.69) is 17.1 Å². The maximum Gasteiger partial charge on any atom is 0.161 e. The molecule has 3 rings (SSSR count). The molecule has 0 bridgehead atoms. The summed E-state index contributed by atoms with van der Waals surface area (Å²) in [6, 6.07) is 10.2. The molecule has 0 N–H and O–H groups in total. The van der Waals surface area contributed by atoms with Gasteiger partial charge in [-0.05, 0) is 34.4 Å². The summed E-state index contributed by atoms with van der Waals surface area (Å²) in [6.07, 6.45) is 3.68. The van der Waals surface area contributed by atoms with Gasteiger partial charge in [0.05, 0.1) is 14.2 Å². The van der Waals surface area contributed by atoms with Crippen molar-refractivity contribution in [2.75, 3.05) is 14.2 Å². The number of ether oxygens (including phenoxy) is 2. The number of benzene rings is 2. The molecule has 3 aromatic rings. The van der Waals surface area contributed by atoms with Crippen molar-refractivity contribution in [1.82, 2.24) is 4.98 Å². The van der Waals surface area contributed by atoms with E-state index in [9.17, 15) is 0 Å².